The maximum Gasteiger partial charge on any atom is 0.236 e. The van der Waals surface area contributed by atoms with Gasteiger partial charge in [0.2, 0.25) is 5.91 Å². The van der Waals surface area contributed by atoms with Crippen LogP contribution in [0.2, 0.25) is 0 Å². The first-order valence-corrected chi connectivity index (χ1v) is 11.1. The Morgan fingerprint density at radius 1 is 1.07 bits per heavy atom. The molecule has 160 valence electrons. The average molecular weight is 401 g/mol. The summed E-state index contributed by atoms with van der Waals surface area (Å²) in [6, 6.07) is 4.03. The summed E-state index contributed by atoms with van der Waals surface area (Å²) in [6.45, 7) is 11.6. The molecule has 1 aromatic rings. The highest BCUT2D eigenvalue weighted by molar-refractivity contribution is 5.80. The first kappa shape index (κ1) is 21.6. The molecule has 2 fully saturated rings. The second-order valence-corrected chi connectivity index (χ2v) is 8.00. The van der Waals surface area contributed by atoms with Crippen molar-refractivity contribution in [2.24, 2.45) is 4.99 Å². The van der Waals surface area contributed by atoms with Crippen LogP contribution in [0.4, 0.5) is 0 Å². The van der Waals surface area contributed by atoms with Gasteiger partial charge in [-0.25, -0.2) is 4.99 Å². The molecule has 0 atom stereocenters. The fourth-order valence-electron chi connectivity index (χ4n) is 3.99. The number of nitrogens with one attached hydrogen (secondary N) is 1. The van der Waals surface area contributed by atoms with E-state index >= 15 is 0 Å². The maximum absolute atomic E-state index is 12.7. The molecule has 1 aromatic heterocycles. The van der Waals surface area contributed by atoms with Crippen molar-refractivity contribution in [3.05, 3.63) is 29.6 Å². The molecule has 0 aromatic carbocycles. The van der Waals surface area contributed by atoms with Crippen LogP contribution in [0.3, 0.4) is 0 Å². The Balaban J connectivity index is 1.51. The fourth-order valence-corrected chi connectivity index (χ4v) is 3.99. The molecule has 0 aliphatic carbocycles. The van der Waals surface area contributed by atoms with E-state index in [4.69, 9.17) is 4.99 Å². The number of rotatable bonds is 5. The Hall–Kier alpha value is -2.15. The van der Waals surface area contributed by atoms with Crippen LogP contribution in [-0.4, -0.2) is 83.9 Å². The Kier molecular flexibility index (Phi) is 8.28. The minimum absolute atomic E-state index is 0.298. The molecule has 2 aliphatic rings. The minimum Gasteiger partial charge on any atom is -0.357 e. The van der Waals surface area contributed by atoms with Crippen LogP contribution in [0.25, 0.3) is 0 Å². The summed E-state index contributed by atoms with van der Waals surface area (Å²) in [7, 11) is 0. The number of aromatic nitrogens is 1. The molecule has 3 heterocycles. The lowest BCUT2D eigenvalue weighted by atomic mass is 10.2. The van der Waals surface area contributed by atoms with Crippen LogP contribution in [0.5, 0.6) is 0 Å². The molecule has 2 aliphatic heterocycles. The summed E-state index contributed by atoms with van der Waals surface area (Å²) in [5, 5.41) is 3.41. The monoisotopic (exact) mass is 400 g/mol. The average Bonchev–Trinajstić information content (AvgIpc) is 3.02. The number of hydrogen-bond acceptors (Lipinski definition) is 4. The highest BCUT2D eigenvalue weighted by atomic mass is 16.2. The number of nitrogens with zero attached hydrogens (tertiary/aromatic N) is 5. The fraction of sp³-hybridized carbons (Fsp3) is 0.682. The third-order valence-corrected chi connectivity index (χ3v) is 5.82. The maximum atomic E-state index is 12.7. The van der Waals surface area contributed by atoms with Crippen LogP contribution in [0, 0.1) is 6.92 Å². The molecule has 7 nitrogen and oxygen atoms in total. The summed E-state index contributed by atoms with van der Waals surface area (Å²) in [5.74, 6) is 1.24. The summed E-state index contributed by atoms with van der Waals surface area (Å²) in [6.07, 6.45) is 6.64. The topological polar surface area (TPSA) is 64.1 Å². The lowest BCUT2D eigenvalue weighted by Gasteiger charge is -2.37. The van der Waals surface area contributed by atoms with Gasteiger partial charge >= 0.3 is 0 Å². The van der Waals surface area contributed by atoms with Gasteiger partial charge in [-0.15, -0.1) is 0 Å². The predicted molar refractivity (Wildman–Crippen MR) is 117 cm³/mol. The van der Waals surface area contributed by atoms with Gasteiger partial charge in [-0.2, -0.15) is 0 Å². The molecular formula is C22H36N6O. The van der Waals surface area contributed by atoms with Crippen molar-refractivity contribution in [2.45, 2.75) is 46.1 Å². The van der Waals surface area contributed by atoms with E-state index in [-0.39, 0.29) is 0 Å². The molecule has 7 heteroatoms. The molecule has 1 amide bonds. The first-order chi connectivity index (χ1) is 14.2. The number of aryl methyl sites for hydroxylation is 1. The van der Waals surface area contributed by atoms with E-state index in [0.717, 1.165) is 70.3 Å². The molecule has 0 bridgehead atoms. The number of pyridine rings is 1. The zero-order valence-corrected chi connectivity index (χ0v) is 18.1. The van der Waals surface area contributed by atoms with Crippen LogP contribution in [-0.2, 0) is 11.3 Å². The predicted octanol–water partition coefficient (Wildman–Crippen LogP) is 1.88. The second kappa shape index (κ2) is 11.1. The third kappa shape index (κ3) is 6.42. The lowest BCUT2D eigenvalue weighted by molar-refractivity contribution is -0.132. The number of carbonyl (C=O) groups is 1. The minimum atomic E-state index is 0.298. The highest BCUT2D eigenvalue weighted by Gasteiger charge is 2.23. The van der Waals surface area contributed by atoms with E-state index in [2.05, 4.69) is 44.9 Å². The van der Waals surface area contributed by atoms with Crippen LogP contribution < -0.4 is 5.32 Å². The van der Waals surface area contributed by atoms with Gasteiger partial charge in [0.25, 0.3) is 0 Å². The molecule has 1 N–H and O–H groups in total. The van der Waals surface area contributed by atoms with Gasteiger partial charge in [-0.1, -0.05) is 18.9 Å². The molecule has 0 spiro atoms. The van der Waals surface area contributed by atoms with E-state index < -0.39 is 0 Å². The van der Waals surface area contributed by atoms with E-state index in [9.17, 15) is 4.79 Å². The van der Waals surface area contributed by atoms with Crippen LogP contribution in [0.1, 0.15) is 43.9 Å². The number of piperazine rings is 1. The van der Waals surface area contributed by atoms with Crippen molar-refractivity contribution in [3.8, 4) is 0 Å². The lowest BCUT2D eigenvalue weighted by Crippen LogP contribution is -2.54. The highest BCUT2D eigenvalue weighted by Crippen LogP contribution is 2.11. The molecule has 0 radical (unpaired) electrons. The number of amides is 1. The SMILES string of the molecule is CCNC(=NCc1ncccc1C)N1CCN(CC(=O)N2CCCCCC2)CC1. The van der Waals surface area contributed by atoms with Gasteiger partial charge in [-0.05, 0) is 38.3 Å². The van der Waals surface area contributed by atoms with Crippen LogP contribution >= 0.6 is 0 Å². The van der Waals surface area contributed by atoms with Gasteiger partial charge in [0.05, 0.1) is 18.8 Å². The summed E-state index contributed by atoms with van der Waals surface area (Å²) in [4.78, 5) is 28.6. The van der Waals surface area contributed by atoms with Crippen molar-refractivity contribution < 1.29 is 4.79 Å². The molecule has 29 heavy (non-hydrogen) atoms. The molecule has 0 saturated carbocycles. The zero-order valence-electron chi connectivity index (χ0n) is 18.1. The van der Waals surface area contributed by atoms with Gasteiger partial charge in [0.1, 0.15) is 0 Å². The number of guanidine groups is 1. The van der Waals surface area contributed by atoms with Crippen molar-refractivity contribution >= 4 is 11.9 Å². The molecule has 0 unspecified atom stereocenters. The Bertz CT molecular complexity index is 676. The van der Waals surface area contributed by atoms with Crippen LogP contribution in [0.15, 0.2) is 23.3 Å². The molecule has 3 rings (SSSR count). The number of likely N-dealkylation sites (tertiary alicyclic amines) is 1. The normalized spacial score (nSPS) is 19.2. The number of hydrogen-bond donors (Lipinski definition) is 1. The van der Waals surface area contributed by atoms with Gasteiger partial charge in [0, 0.05) is 52.0 Å². The largest absolute Gasteiger partial charge is 0.357 e. The Morgan fingerprint density at radius 3 is 2.45 bits per heavy atom. The first-order valence-electron chi connectivity index (χ1n) is 11.1. The Labute approximate surface area is 175 Å². The molecule has 2 saturated heterocycles. The van der Waals surface area contributed by atoms with E-state index in [1.807, 2.05) is 12.3 Å². The smallest absolute Gasteiger partial charge is 0.236 e. The number of aliphatic imine (C=N–C) groups is 1. The van der Waals surface area contributed by atoms with E-state index in [0.29, 0.717) is 19.0 Å². The van der Waals surface area contributed by atoms with Gasteiger partial charge < -0.3 is 15.1 Å². The van der Waals surface area contributed by atoms with Crippen molar-refractivity contribution in [1.82, 2.24) is 25.0 Å². The quantitative estimate of drug-likeness (QED) is 0.604. The zero-order chi connectivity index (χ0) is 20.5. The Morgan fingerprint density at radius 2 is 1.79 bits per heavy atom. The van der Waals surface area contributed by atoms with Gasteiger partial charge in [0.15, 0.2) is 5.96 Å². The second-order valence-electron chi connectivity index (χ2n) is 8.00. The van der Waals surface area contributed by atoms with E-state index in [1.54, 1.807) is 0 Å². The van der Waals surface area contributed by atoms with Gasteiger partial charge in [-0.3, -0.25) is 14.7 Å². The summed E-state index contributed by atoms with van der Waals surface area (Å²) in [5.41, 5.74) is 2.19. The third-order valence-electron chi connectivity index (χ3n) is 5.82. The summed E-state index contributed by atoms with van der Waals surface area (Å²) < 4.78 is 0. The van der Waals surface area contributed by atoms with Crippen molar-refractivity contribution in [2.75, 3.05) is 52.4 Å². The number of carbonyl (C=O) groups excluding carboxylic acids is 1. The van der Waals surface area contributed by atoms with Crippen molar-refractivity contribution in [1.29, 1.82) is 0 Å². The molecular weight excluding hydrogens is 364 g/mol. The van der Waals surface area contributed by atoms with Crippen molar-refractivity contribution in [3.63, 3.8) is 0 Å². The standard InChI is InChI=1S/C22H36N6O/c1-3-23-22(25-17-20-19(2)9-8-10-24-20)28-15-13-26(14-16-28)18-21(29)27-11-6-4-5-7-12-27/h8-10H,3-7,11-18H2,1-2H3,(H,23,25). The van der Waals surface area contributed by atoms with E-state index in [1.165, 1.54) is 18.4 Å². The summed E-state index contributed by atoms with van der Waals surface area (Å²) >= 11 is 0.